The molecule has 3 N–H and O–H groups in total. The van der Waals surface area contributed by atoms with Gasteiger partial charge >= 0.3 is 11.9 Å². The summed E-state index contributed by atoms with van der Waals surface area (Å²) in [5.74, 6) is -2.61. The van der Waals surface area contributed by atoms with Gasteiger partial charge in [0.15, 0.2) is 0 Å². The molecular formula is C12H17N3O5S. The Labute approximate surface area is 125 Å². The molecule has 1 aromatic heterocycles. The minimum absolute atomic E-state index is 0.0944. The number of amides is 1. The maximum absolute atomic E-state index is 11.3. The normalized spacial score (nSPS) is 10.0. The van der Waals surface area contributed by atoms with E-state index >= 15 is 0 Å². The molecule has 0 bridgehead atoms. The topological polar surface area (TPSA) is 120 Å². The molecule has 0 radical (unpaired) electrons. The van der Waals surface area contributed by atoms with Gasteiger partial charge in [-0.15, -0.1) is 11.3 Å². The summed E-state index contributed by atoms with van der Waals surface area (Å²) in [5.41, 5.74) is 2.16. The molecule has 0 atom stereocenters. The number of hydrogen-bond donors (Lipinski definition) is 3. The lowest BCUT2D eigenvalue weighted by Gasteiger charge is -2.09. The van der Waals surface area contributed by atoms with Crippen molar-refractivity contribution in [3.05, 3.63) is 28.7 Å². The number of hydrogen-bond acceptors (Lipinski definition) is 6. The van der Waals surface area contributed by atoms with Crippen molar-refractivity contribution in [1.82, 2.24) is 15.2 Å². The molecule has 0 saturated carbocycles. The minimum Gasteiger partial charge on any atom is -0.478 e. The van der Waals surface area contributed by atoms with E-state index in [9.17, 15) is 14.4 Å². The van der Waals surface area contributed by atoms with Gasteiger partial charge in [0.05, 0.1) is 5.51 Å². The maximum Gasteiger partial charge on any atom is 0.328 e. The average molecular weight is 315 g/mol. The fourth-order valence-electron chi connectivity index (χ4n) is 0.951. The van der Waals surface area contributed by atoms with E-state index in [0.717, 1.165) is 6.54 Å². The quantitative estimate of drug-likeness (QED) is 0.639. The van der Waals surface area contributed by atoms with Gasteiger partial charge in [-0.1, -0.05) is 0 Å². The van der Waals surface area contributed by atoms with E-state index in [0.29, 0.717) is 24.4 Å². The lowest BCUT2D eigenvalue weighted by molar-refractivity contribution is -0.134. The SMILES string of the molecule is CN(C)CCNC(=O)c1cscn1.O=C(O)/C=C\C(=O)O. The molecule has 116 valence electrons. The van der Waals surface area contributed by atoms with Gasteiger partial charge in [0.1, 0.15) is 5.69 Å². The zero-order chi connectivity index (χ0) is 16.3. The molecule has 1 amide bonds. The Morgan fingerprint density at radius 1 is 1.29 bits per heavy atom. The van der Waals surface area contributed by atoms with E-state index < -0.39 is 11.9 Å². The smallest absolute Gasteiger partial charge is 0.328 e. The van der Waals surface area contributed by atoms with Gasteiger partial charge in [-0.2, -0.15) is 0 Å². The summed E-state index contributed by atoms with van der Waals surface area (Å²) in [6.45, 7) is 1.50. The largest absolute Gasteiger partial charge is 0.478 e. The minimum atomic E-state index is -1.26. The van der Waals surface area contributed by atoms with Crippen molar-refractivity contribution >= 4 is 29.2 Å². The molecule has 0 aliphatic carbocycles. The summed E-state index contributed by atoms with van der Waals surface area (Å²) >= 11 is 1.43. The van der Waals surface area contributed by atoms with E-state index in [2.05, 4.69) is 10.3 Å². The number of carboxylic acids is 2. The number of rotatable bonds is 6. The Hall–Kier alpha value is -2.26. The number of nitrogens with one attached hydrogen (secondary N) is 1. The molecule has 0 fully saturated rings. The van der Waals surface area contributed by atoms with E-state index in [1.807, 2.05) is 19.0 Å². The second-order valence-corrected chi connectivity index (χ2v) is 4.66. The second-order valence-electron chi connectivity index (χ2n) is 3.94. The predicted molar refractivity (Wildman–Crippen MR) is 77.4 cm³/mol. The van der Waals surface area contributed by atoms with Crippen LogP contribution in [0.4, 0.5) is 0 Å². The molecule has 0 aliphatic heterocycles. The first kappa shape index (κ1) is 18.7. The maximum atomic E-state index is 11.3. The fraction of sp³-hybridized carbons (Fsp3) is 0.333. The van der Waals surface area contributed by atoms with Crippen LogP contribution in [0.1, 0.15) is 10.5 Å². The molecule has 1 heterocycles. The number of carboxylic acid groups (broad SMARTS) is 2. The van der Waals surface area contributed by atoms with E-state index in [1.54, 1.807) is 10.9 Å². The highest BCUT2D eigenvalue weighted by Gasteiger charge is 2.05. The van der Waals surface area contributed by atoms with Gasteiger partial charge in [-0.05, 0) is 14.1 Å². The predicted octanol–water partition coefficient (Wildman–Crippen LogP) is 0.146. The van der Waals surface area contributed by atoms with Crippen LogP contribution in [0.3, 0.4) is 0 Å². The zero-order valence-corrected chi connectivity index (χ0v) is 12.5. The van der Waals surface area contributed by atoms with Crippen molar-refractivity contribution in [3.8, 4) is 0 Å². The summed E-state index contributed by atoms with van der Waals surface area (Å²) < 4.78 is 0. The van der Waals surface area contributed by atoms with Gasteiger partial charge in [0.25, 0.3) is 5.91 Å². The van der Waals surface area contributed by atoms with Crippen LogP contribution in [0.25, 0.3) is 0 Å². The summed E-state index contributed by atoms with van der Waals surface area (Å²) in [7, 11) is 3.93. The standard InChI is InChI=1S/C8H13N3OS.C4H4O4/c1-11(2)4-3-9-8(12)7-5-13-6-10-7;5-3(6)1-2-4(7)8/h5-6H,3-4H2,1-2H3,(H,9,12);1-2H,(H,5,6)(H,7,8)/b;2-1-. The van der Waals surface area contributed by atoms with Crippen molar-refractivity contribution < 1.29 is 24.6 Å². The van der Waals surface area contributed by atoms with Crippen molar-refractivity contribution in [1.29, 1.82) is 0 Å². The molecule has 0 aliphatic rings. The van der Waals surface area contributed by atoms with Crippen LogP contribution < -0.4 is 5.32 Å². The Balaban J connectivity index is 0.000000433. The molecule has 0 saturated heterocycles. The van der Waals surface area contributed by atoms with Crippen LogP contribution >= 0.6 is 11.3 Å². The summed E-state index contributed by atoms with van der Waals surface area (Å²) in [4.78, 5) is 36.3. The van der Waals surface area contributed by atoms with Crippen molar-refractivity contribution in [2.75, 3.05) is 27.2 Å². The monoisotopic (exact) mass is 315 g/mol. The summed E-state index contributed by atoms with van der Waals surface area (Å²) in [6, 6.07) is 0. The van der Waals surface area contributed by atoms with E-state index in [-0.39, 0.29) is 5.91 Å². The Bertz CT molecular complexity index is 469. The molecular weight excluding hydrogens is 298 g/mol. The molecule has 0 spiro atoms. The van der Waals surface area contributed by atoms with Crippen molar-refractivity contribution in [3.63, 3.8) is 0 Å². The van der Waals surface area contributed by atoms with Crippen LogP contribution in [-0.4, -0.2) is 65.1 Å². The van der Waals surface area contributed by atoms with Crippen LogP contribution in [0, 0.1) is 0 Å². The van der Waals surface area contributed by atoms with Gasteiger partial charge in [0.2, 0.25) is 0 Å². The van der Waals surface area contributed by atoms with Crippen molar-refractivity contribution in [2.24, 2.45) is 0 Å². The van der Waals surface area contributed by atoms with Gasteiger partial charge in [-0.25, -0.2) is 14.6 Å². The number of aliphatic carboxylic acids is 2. The number of carbonyl (C=O) groups excluding carboxylic acids is 1. The Morgan fingerprint density at radius 3 is 2.24 bits per heavy atom. The Kier molecular flexibility index (Phi) is 9.39. The molecule has 9 heteroatoms. The fourth-order valence-corrected chi connectivity index (χ4v) is 1.48. The second kappa shape index (κ2) is 10.5. The highest BCUT2D eigenvalue weighted by Crippen LogP contribution is 1.99. The first-order valence-corrected chi connectivity index (χ1v) is 6.72. The Morgan fingerprint density at radius 2 is 1.86 bits per heavy atom. The third kappa shape index (κ3) is 11.3. The third-order valence-corrected chi connectivity index (χ3v) is 2.46. The number of carbonyl (C=O) groups is 3. The number of likely N-dealkylation sites (N-methyl/N-ethyl adjacent to an activating group) is 1. The molecule has 1 aromatic rings. The highest BCUT2D eigenvalue weighted by molar-refractivity contribution is 7.07. The van der Waals surface area contributed by atoms with Gasteiger partial charge in [-0.3, -0.25) is 4.79 Å². The molecule has 0 unspecified atom stereocenters. The average Bonchev–Trinajstić information content (AvgIpc) is 2.90. The summed E-state index contributed by atoms with van der Waals surface area (Å²) in [5, 5.41) is 20.1. The van der Waals surface area contributed by atoms with E-state index in [1.165, 1.54) is 11.3 Å². The number of aromatic nitrogens is 1. The molecule has 1 rings (SSSR count). The van der Waals surface area contributed by atoms with Gasteiger partial charge in [0, 0.05) is 30.6 Å². The third-order valence-electron chi connectivity index (χ3n) is 1.88. The summed E-state index contributed by atoms with van der Waals surface area (Å²) in [6.07, 6.45) is 1.12. The number of thiazole rings is 1. The van der Waals surface area contributed by atoms with Crippen LogP contribution in [0.15, 0.2) is 23.0 Å². The lowest BCUT2D eigenvalue weighted by atomic mass is 10.4. The van der Waals surface area contributed by atoms with Crippen LogP contribution in [0.2, 0.25) is 0 Å². The first-order chi connectivity index (χ1) is 9.82. The van der Waals surface area contributed by atoms with E-state index in [4.69, 9.17) is 10.2 Å². The highest BCUT2D eigenvalue weighted by atomic mass is 32.1. The zero-order valence-electron chi connectivity index (χ0n) is 11.6. The molecule has 21 heavy (non-hydrogen) atoms. The molecule has 8 nitrogen and oxygen atoms in total. The molecule has 0 aromatic carbocycles. The van der Waals surface area contributed by atoms with Crippen LogP contribution in [-0.2, 0) is 9.59 Å². The number of nitrogens with zero attached hydrogens (tertiary/aromatic N) is 2. The first-order valence-electron chi connectivity index (χ1n) is 5.78. The van der Waals surface area contributed by atoms with Gasteiger partial charge < -0.3 is 20.4 Å². The lowest BCUT2D eigenvalue weighted by Crippen LogP contribution is -2.31. The van der Waals surface area contributed by atoms with Crippen molar-refractivity contribution in [2.45, 2.75) is 0 Å². The van der Waals surface area contributed by atoms with Crippen LogP contribution in [0.5, 0.6) is 0 Å².